The lowest BCUT2D eigenvalue weighted by atomic mass is 10.2. The topological polar surface area (TPSA) is 37.3 Å². The molecule has 0 bridgehead atoms. The van der Waals surface area contributed by atoms with Crippen molar-refractivity contribution in [1.82, 2.24) is 0 Å². The fourth-order valence-electron chi connectivity index (χ4n) is 1.43. The number of halogens is 3. The number of aromatic carboxylic acids is 1. The van der Waals surface area contributed by atoms with Crippen molar-refractivity contribution in [2.45, 2.75) is 9.79 Å². The average Bonchev–Trinajstić information content (AvgIpc) is 2.30. The Morgan fingerprint density at radius 3 is 2.16 bits per heavy atom. The van der Waals surface area contributed by atoms with Crippen LogP contribution in [0.2, 0.25) is 15.1 Å². The van der Waals surface area contributed by atoms with Gasteiger partial charge in [0.15, 0.2) is 0 Å². The molecular weight excluding hydrogens is 327 g/mol. The Bertz CT molecular complexity index is 624. The minimum atomic E-state index is -1.01. The van der Waals surface area contributed by atoms with Gasteiger partial charge in [-0.3, -0.25) is 0 Å². The van der Waals surface area contributed by atoms with Gasteiger partial charge in [-0.2, -0.15) is 0 Å². The first-order valence-corrected chi connectivity index (χ1v) is 7.07. The third-order valence-corrected chi connectivity index (χ3v) is 4.15. The van der Waals surface area contributed by atoms with Crippen molar-refractivity contribution in [2.75, 3.05) is 0 Å². The highest BCUT2D eigenvalue weighted by Gasteiger charge is 2.09. The van der Waals surface area contributed by atoms with Crippen LogP contribution < -0.4 is 0 Å². The molecule has 0 aliphatic heterocycles. The Morgan fingerprint density at radius 2 is 1.63 bits per heavy atom. The Kier molecular flexibility index (Phi) is 4.63. The van der Waals surface area contributed by atoms with Crippen LogP contribution >= 0.6 is 46.6 Å². The van der Waals surface area contributed by atoms with Gasteiger partial charge in [-0.05, 0) is 36.4 Å². The molecule has 0 aromatic heterocycles. The van der Waals surface area contributed by atoms with Gasteiger partial charge in [-0.15, -0.1) is 0 Å². The predicted molar refractivity (Wildman–Crippen MR) is 79.0 cm³/mol. The highest BCUT2D eigenvalue weighted by molar-refractivity contribution is 7.99. The number of carboxylic acid groups (broad SMARTS) is 1. The van der Waals surface area contributed by atoms with Crippen molar-refractivity contribution in [1.29, 1.82) is 0 Å². The summed E-state index contributed by atoms with van der Waals surface area (Å²) in [5.74, 6) is -1.01. The summed E-state index contributed by atoms with van der Waals surface area (Å²) in [5, 5.41) is 10.3. The van der Waals surface area contributed by atoms with E-state index in [1.54, 1.807) is 24.3 Å². The molecule has 0 fully saturated rings. The first kappa shape index (κ1) is 14.5. The number of benzene rings is 2. The molecule has 2 nitrogen and oxygen atoms in total. The fraction of sp³-hybridized carbons (Fsp3) is 0. The molecule has 0 saturated heterocycles. The summed E-state index contributed by atoms with van der Waals surface area (Å²) in [6, 6.07) is 9.74. The van der Waals surface area contributed by atoms with E-state index in [4.69, 9.17) is 39.9 Å². The van der Waals surface area contributed by atoms with Crippen molar-refractivity contribution >= 4 is 52.5 Å². The zero-order valence-corrected chi connectivity index (χ0v) is 12.4. The minimum Gasteiger partial charge on any atom is -0.478 e. The van der Waals surface area contributed by atoms with Crippen LogP contribution in [0.15, 0.2) is 46.2 Å². The van der Waals surface area contributed by atoms with Gasteiger partial charge in [0.2, 0.25) is 0 Å². The Morgan fingerprint density at radius 1 is 1.00 bits per heavy atom. The number of hydrogen-bond acceptors (Lipinski definition) is 2. The van der Waals surface area contributed by atoms with Crippen LogP contribution in [0.3, 0.4) is 0 Å². The van der Waals surface area contributed by atoms with E-state index in [2.05, 4.69) is 0 Å². The van der Waals surface area contributed by atoms with Gasteiger partial charge < -0.3 is 5.11 Å². The van der Waals surface area contributed by atoms with Crippen LogP contribution in [-0.2, 0) is 0 Å². The van der Waals surface area contributed by atoms with Crippen molar-refractivity contribution in [3.05, 3.63) is 57.0 Å². The second kappa shape index (κ2) is 6.06. The third kappa shape index (κ3) is 3.80. The summed E-state index contributed by atoms with van der Waals surface area (Å²) in [4.78, 5) is 12.4. The molecule has 19 heavy (non-hydrogen) atoms. The predicted octanol–water partition coefficient (Wildman–Crippen LogP) is 5.50. The van der Waals surface area contributed by atoms with Crippen molar-refractivity contribution in [3.8, 4) is 0 Å². The monoisotopic (exact) mass is 332 g/mol. The lowest BCUT2D eigenvalue weighted by Crippen LogP contribution is -1.95. The fourth-order valence-corrected chi connectivity index (χ4v) is 3.30. The highest BCUT2D eigenvalue weighted by atomic mass is 35.5. The molecule has 1 N–H and O–H groups in total. The molecule has 0 heterocycles. The lowest BCUT2D eigenvalue weighted by Gasteiger charge is -2.06. The average molecular weight is 334 g/mol. The minimum absolute atomic E-state index is 0.151. The van der Waals surface area contributed by atoms with Crippen molar-refractivity contribution in [3.63, 3.8) is 0 Å². The quantitative estimate of drug-likeness (QED) is 0.806. The normalized spacial score (nSPS) is 10.5. The molecule has 0 spiro atoms. The van der Waals surface area contributed by atoms with Crippen LogP contribution in [0.5, 0.6) is 0 Å². The maximum absolute atomic E-state index is 10.8. The van der Waals surface area contributed by atoms with Gasteiger partial charge >= 0.3 is 5.97 Å². The van der Waals surface area contributed by atoms with Gasteiger partial charge in [0.05, 0.1) is 10.6 Å². The molecule has 2 rings (SSSR count). The lowest BCUT2D eigenvalue weighted by molar-refractivity contribution is 0.0697. The number of hydrogen-bond donors (Lipinski definition) is 1. The molecule has 0 radical (unpaired) electrons. The molecule has 2 aromatic carbocycles. The first-order chi connectivity index (χ1) is 8.95. The summed E-state index contributed by atoms with van der Waals surface area (Å²) in [6.45, 7) is 0. The van der Waals surface area contributed by atoms with E-state index in [1.165, 1.54) is 23.9 Å². The second-order valence-electron chi connectivity index (χ2n) is 3.66. The van der Waals surface area contributed by atoms with Gasteiger partial charge in [0.25, 0.3) is 0 Å². The van der Waals surface area contributed by atoms with Crippen LogP contribution in [0.4, 0.5) is 0 Å². The Labute approximate surface area is 129 Å². The molecule has 6 heteroatoms. The van der Waals surface area contributed by atoms with Crippen LogP contribution in [0, 0.1) is 0 Å². The second-order valence-corrected chi connectivity index (χ2v) is 6.05. The molecule has 0 saturated carbocycles. The molecule has 98 valence electrons. The van der Waals surface area contributed by atoms with Crippen LogP contribution in [-0.4, -0.2) is 11.1 Å². The van der Waals surface area contributed by atoms with E-state index in [0.717, 1.165) is 9.79 Å². The van der Waals surface area contributed by atoms with E-state index >= 15 is 0 Å². The third-order valence-electron chi connectivity index (χ3n) is 2.24. The van der Waals surface area contributed by atoms with Gasteiger partial charge in [-0.25, -0.2) is 4.79 Å². The molecule has 0 unspecified atom stereocenters. The molecule has 0 atom stereocenters. The van der Waals surface area contributed by atoms with Gasteiger partial charge in [0, 0.05) is 19.8 Å². The SMILES string of the molecule is O=C(O)c1ccc(Sc2cc(Cl)cc(Cl)c2)c(Cl)c1. The molecule has 0 amide bonds. The first-order valence-electron chi connectivity index (χ1n) is 5.12. The van der Waals surface area contributed by atoms with E-state index in [0.29, 0.717) is 15.1 Å². The number of carboxylic acids is 1. The summed E-state index contributed by atoms with van der Waals surface area (Å²) >= 11 is 19.3. The van der Waals surface area contributed by atoms with Crippen LogP contribution in [0.25, 0.3) is 0 Å². The molecular formula is C13H7Cl3O2S. The van der Waals surface area contributed by atoms with Gasteiger partial charge in [0.1, 0.15) is 0 Å². The Balaban J connectivity index is 2.30. The van der Waals surface area contributed by atoms with Gasteiger partial charge in [-0.1, -0.05) is 46.6 Å². The molecule has 2 aromatic rings. The summed E-state index contributed by atoms with van der Waals surface area (Å²) in [7, 11) is 0. The van der Waals surface area contributed by atoms with E-state index in [1.807, 2.05) is 0 Å². The Hall–Kier alpha value is -0.870. The van der Waals surface area contributed by atoms with E-state index < -0.39 is 5.97 Å². The van der Waals surface area contributed by atoms with E-state index in [-0.39, 0.29) is 5.56 Å². The maximum atomic E-state index is 10.8. The zero-order valence-electron chi connectivity index (χ0n) is 9.36. The zero-order chi connectivity index (χ0) is 14.0. The molecule has 0 aliphatic carbocycles. The summed E-state index contributed by atoms with van der Waals surface area (Å²) in [5.41, 5.74) is 0.151. The number of rotatable bonds is 3. The standard InChI is InChI=1S/C13H7Cl3O2S/c14-8-4-9(15)6-10(5-8)19-12-2-1-7(13(17)18)3-11(12)16/h1-6H,(H,17,18). The smallest absolute Gasteiger partial charge is 0.335 e. The summed E-state index contributed by atoms with van der Waals surface area (Å²) in [6.07, 6.45) is 0. The van der Waals surface area contributed by atoms with Crippen LogP contribution in [0.1, 0.15) is 10.4 Å². The maximum Gasteiger partial charge on any atom is 0.335 e. The largest absolute Gasteiger partial charge is 0.478 e. The summed E-state index contributed by atoms with van der Waals surface area (Å²) < 4.78 is 0. The highest BCUT2D eigenvalue weighted by Crippen LogP contribution is 2.36. The van der Waals surface area contributed by atoms with Crippen molar-refractivity contribution < 1.29 is 9.90 Å². The number of carbonyl (C=O) groups is 1. The van der Waals surface area contributed by atoms with E-state index in [9.17, 15) is 4.79 Å². The molecule has 0 aliphatic rings. The van der Waals surface area contributed by atoms with Crippen molar-refractivity contribution in [2.24, 2.45) is 0 Å².